The molecule has 0 saturated heterocycles. The van der Waals surface area contributed by atoms with Crippen molar-refractivity contribution >= 4 is 0 Å². The molecule has 1 aliphatic carbocycles. The smallest absolute Gasteiger partial charge is 0.0239 e. The van der Waals surface area contributed by atoms with Gasteiger partial charge in [0, 0.05) is 0 Å². The lowest BCUT2D eigenvalue weighted by Gasteiger charge is -2.11. The Morgan fingerprint density at radius 2 is 2.14 bits per heavy atom. The summed E-state index contributed by atoms with van der Waals surface area (Å²) in [5.41, 5.74) is 4.38. The molecule has 1 rings (SSSR count). The van der Waals surface area contributed by atoms with E-state index in [4.69, 9.17) is 0 Å². The van der Waals surface area contributed by atoms with Crippen LogP contribution in [0.25, 0.3) is 0 Å². The van der Waals surface area contributed by atoms with Gasteiger partial charge in [-0.05, 0) is 44.3 Å². The van der Waals surface area contributed by atoms with Gasteiger partial charge in [0.05, 0.1) is 0 Å². The third-order valence-electron chi connectivity index (χ3n) is 2.58. The van der Waals surface area contributed by atoms with E-state index in [-0.39, 0.29) is 0 Å². The highest BCUT2D eigenvalue weighted by Crippen LogP contribution is 2.23. The van der Waals surface area contributed by atoms with Crippen LogP contribution in [-0.2, 0) is 0 Å². The Hall–Kier alpha value is -1.04. The van der Waals surface area contributed by atoms with Crippen LogP contribution in [0.3, 0.4) is 0 Å². The molecular weight excluding hydrogens is 168 g/mol. The maximum absolute atomic E-state index is 2.25. The highest BCUT2D eigenvalue weighted by atomic mass is 14.1. The maximum Gasteiger partial charge on any atom is -0.0239 e. The predicted molar refractivity (Wildman–Crippen MR) is 64.3 cm³/mol. The van der Waals surface area contributed by atoms with Gasteiger partial charge in [-0.3, -0.25) is 0 Å². The van der Waals surface area contributed by atoms with E-state index in [1.807, 2.05) is 0 Å². The fourth-order valence-electron chi connectivity index (χ4n) is 1.53. The average Bonchev–Trinajstić information content (AvgIpc) is 2.19. The SMILES string of the molecule is CC/C=C\C=C(/C)C1=CC=C(C)CC1. The van der Waals surface area contributed by atoms with Crippen molar-refractivity contribution in [2.75, 3.05) is 0 Å². The van der Waals surface area contributed by atoms with Crippen molar-refractivity contribution in [1.29, 1.82) is 0 Å². The summed E-state index contributed by atoms with van der Waals surface area (Å²) in [5, 5.41) is 0. The summed E-state index contributed by atoms with van der Waals surface area (Å²) < 4.78 is 0. The first-order chi connectivity index (χ1) is 6.74. The number of allylic oxidation sites excluding steroid dienone is 8. The highest BCUT2D eigenvalue weighted by Gasteiger charge is 2.03. The lowest BCUT2D eigenvalue weighted by Crippen LogP contribution is -1.92. The Bertz CT molecular complexity index is 298. The zero-order chi connectivity index (χ0) is 10.4. The van der Waals surface area contributed by atoms with Crippen molar-refractivity contribution < 1.29 is 0 Å². The number of hydrogen-bond acceptors (Lipinski definition) is 0. The molecule has 0 aliphatic heterocycles. The lowest BCUT2D eigenvalue weighted by atomic mass is 9.94. The van der Waals surface area contributed by atoms with E-state index in [1.54, 1.807) is 0 Å². The Kier molecular flexibility index (Phi) is 4.45. The van der Waals surface area contributed by atoms with Gasteiger partial charge < -0.3 is 0 Å². The standard InChI is InChI=1S/C14H20/c1-4-5-6-7-13(3)14-10-8-12(2)9-11-14/h5-8,10H,4,9,11H2,1-3H3/b6-5-,13-7+. The Morgan fingerprint density at radius 1 is 1.36 bits per heavy atom. The van der Waals surface area contributed by atoms with Crippen LogP contribution in [0, 0.1) is 0 Å². The molecule has 0 aromatic heterocycles. The summed E-state index contributed by atoms with van der Waals surface area (Å²) in [6.45, 7) is 6.55. The molecule has 0 N–H and O–H groups in total. The Labute approximate surface area is 87.7 Å². The Balaban J connectivity index is 2.65. The zero-order valence-electron chi connectivity index (χ0n) is 9.51. The molecule has 1 aliphatic rings. The molecular formula is C14H20. The molecule has 0 unspecified atom stereocenters. The van der Waals surface area contributed by atoms with Crippen molar-refractivity contribution in [1.82, 2.24) is 0 Å². The molecule has 14 heavy (non-hydrogen) atoms. The van der Waals surface area contributed by atoms with Crippen LogP contribution >= 0.6 is 0 Å². The monoisotopic (exact) mass is 188 g/mol. The van der Waals surface area contributed by atoms with Gasteiger partial charge in [-0.2, -0.15) is 0 Å². The minimum Gasteiger partial charge on any atom is -0.0848 e. The lowest BCUT2D eigenvalue weighted by molar-refractivity contribution is 0.912. The first-order valence-corrected chi connectivity index (χ1v) is 5.44. The highest BCUT2D eigenvalue weighted by molar-refractivity contribution is 5.38. The van der Waals surface area contributed by atoms with Crippen LogP contribution < -0.4 is 0 Å². The molecule has 0 amide bonds. The van der Waals surface area contributed by atoms with Gasteiger partial charge >= 0.3 is 0 Å². The minimum absolute atomic E-state index is 1.11. The van der Waals surface area contributed by atoms with E-state index in [0.29, 0.717) is 0 Å². The van der Waals surface area contributed by atoms with Gasteiger partial charge in [-0.25, -0.2) is 0 Å². The van der Waals surface area contributed by atoms with E-state index >= 15 is 0 Å². The number of rotatable bonds is 3. The van der Waals surface area contributed by atoms with Gasteiger partial charge in [0.2, 0.25) is 0 Å². The molecule has 0 aromatic rings. The van der Waals surface area contributed by atoms with Crippen molar-refractivity contribution in [3.63, 3.8) is 0 Å². The first kappa shape index (κ1) is 11.0. The van der Waals surface area contributed by atoms with Crippen molar-refractivity contribution in [3.8, 4) is 0 Å². The molecule has 0 fully saturated rings. The topological polar surface area (TPSA) is 0 Å². The van der Waals surface area contributed by atoms with E-state index < -0.39 is 0 Å². The molecule has 0 spiro atoms. The van der Waals surface area contributed by atoms with E-state index in [2.05, 4.69) is 51.2 Å². The third kappa shape index (κ3) is 3.37. The van der Waals surface area contributed by atoms with E-state index in [1.165, 1.54) is 29.6 Å². The molecule has 0 heteroatoms. The van der Waals surface area contributed by atoms with Crippen LogP contribution in [0.15, 0.2) is 47.1 Å². The third-order valence-corrected chi connectivity index (χ3v) is 2.58. The summed E-state index contributed by atoms with van der Waals surface area (Å²) in [7, 11) is 0. The van der Waals surface area contributed by atoms with E-state index in [0.717, 1.165) is 6.42 Å². The molecule has 0 atom stereocenters. The van der Waals surface area contributed by atoms with Crippen molar-refractivity contribution in [2.45, 2.75) is 40.0 Å². The van der Waals surface area contributed by atoms with Crippen LogP contribution in [0.4, 0.5) is 0 Å². The molecule has 0 bridgehead atoms. The fraction of sp³-hybridized carbons (Fsp3) is 0.429. The van der Waals surface area contributed by atoms with Crippen LogP contribution in [-0.4, -0.2) is 0 Å². The van der Waals surface area contributed by atoms with Gasteiger partial charge in [0.1, 0.15) is 0 Å². The van der Waals surface area contributed by atoms with Crippen molar-refractivity contribution in [3.05, 3.63) is 47.1 Å². The normalized spacial score (nSPS) is 18.4. The van der Waals surface area contributed by atoms with Crippen molar-refractivity contribution in [2.24, 2.45) is 0 Å². The Morgan fingerprint density at radius 3 is 2.71 bits per heavy atom. The van der Waals surface area contributed by atoms with Crippen LogP contribution in [0.2, 0.25) is 0 Å². The van der Waals surface area contributed by atoms with Crippen LogP contribution in [0.5, 0.6) is 0 Å². The summed E-state index contributed by atoms with van der Waals surface area (Å²) in [4.78, 5) is 0. The molecule has 0 aromatic carbocycles. The largest absolute Gasteiger partial charge is 0.0848 e. The summed E-state index contributed by atoms with van der Waals surface area (Å²) >= 11 is 0. The second kappa shape index (κ2) is 5.64. The van der Waals surface area contributed by atoms with Gasteiger partial charge in [-0.15, -0.1) is 0 Å². The first-order valence-electron chi connectivity index (χ1n) is 5.44. The summed E-state index contributed by atoms with van der Waals surface area (Å²) in [5.74, 6) is 0. The van der Waals surface area contributed by atoms with Gasteiger partial charge in [-0.1, -0.05) is 42.9 Å². The second-order valence-corrected chi connectivity index (χ2v) is 3.89. The minimum atomic E-state index is 1.11. The average molecular weight is 188 g/mol. The summed E-state index contributed by atoms with van der Waals surface area (Å²) in [6, 6.07) is 0. The van der Waals surface area contributed by atoms with Gasteiger partial charge in [0.15, 0.2) is 0 Å². The quantitative estimate of drug-likeness (QED) is 0.569. The molecule has 0 radical (unpaired) electrons. The van der Waals surface area contributed by atoms with Gasteiger partial charge in [0.25, 0.3) is 0 Å². The fourth-order valence-corrected chi connectivity index (χ4v) is 1.53. The molecule has 0 heterocycles. The molecule has 76 valence electrons. The predicted octanol–water partition coefficient (Wildman–Crippen LogP) is 4.57. The molecule has 0 saturated carbocycles. The maximum atomic E-state index is 2.25. The van der Waals surface area contributed by atoms with E-state index in [9.17, 15) is 0 Å². The summed E-state index contributed by atoms with van der Waals surface area (Å²) in [6.07, 6.45) is 14.6. The number of hydrogen-bond donors (Lipinski definition) is 0. The van der Waals surface area contributed by atoms with Crippen LogP contribution in [0.1, 0.15) is 40.0 Å². The zero-order valence-corrected chi connectivity index (χ0v) is 9.51. The molecule has 0 nitrogen and oxygen atoms in total. The second-order valence-electron chi connectivity index (χ2n) is 3.89.